The molecule has 0 saturated carbocycles. The fourth-order valence-corrected chi connectivity index (χ4v) is 2.11. The number of rotatable bonds is 0. The number of cyclic esters (lactones) is 2. The molecule has 12 heavy (non-hydrogen) atoms. The van der Waals surface area contributed by atoms with E-state index in [4.69, 9.17) is 4.74 Å². The molecule has 3 aliphatic heterocycles. The highest BCUT2D eigenvalue weighted by Gasteiger charge is 2.59. The number of esters is 2. The summed E-state index contributed by atoms with van der Waals surface area (Å²) < 4.78 is 9.86. The molecule has 0 aliphatic carbocycles. The number of fused-ring (bicyclic) bond motifs is 5. The van der Waals surface area contributed by atoms with Crippen molar-refractivity contribution in [3.63, 3.8) is 0 Å². The first-order chi connectivity index (χ1) is 5.77. The van der Waals surface area contributed by atoms with Crippen LogP contribution >= 0.6 is 0 Å². The fraction of sp³-hybridized carbons (Fsp3) is 0.500. The zero-order valence-electron chi connectivity index (χ0n) is 6.10. The van der Waals surface area contributed by atoms with Gasteiger partial charge in [0.1, 0.15) is 11.8 Å². The van der Waals surface area contributed by atoms with Crippen LogP contribution < -0.4 is 0 Å². The van der Waals surface area contributed by atoms with Crippen LogP contribution in [0.3, 0.4) is 0 Å². The van der Waals surface area contributed by atoms with Crippen LogP contribution in [-0.2, 0) is 19.1 Å². The van der Waals surface area contributed by atoms with Gasteiger partial charge < -0.3 is 9.47 Å². The summed E-state index contributed by atoms with van der Waals surface area (Å²) in [6.45, 7) is 0. The molecule has 2 saturated heterocycles. The number of hydrogen-bond acceptors (Lipinski definition) is 4. The number of carbonyl (C=O) groups is 2. The van der Waals surface area contributed by atoms with Crippen LogP contribution in [0.5, 0.6) is 0 Å². The Morgan fingerprint density at radius 3 is 2.00 bits per heavy atom. The van der Waals surface area contributed by atoms with Gasteiger partial charge in [0.15, 0.2) is 0 Å². The number of hydrogen-bond donors (Lipinski definition) is 0. The van der Waals surface area contributed by atoms with Crippen LogP contribution in [-0.4, -0.2) is 24.1 Å². The van der Waals surface area contributed by atoms with Crippen molar-refractivity contribution in [2.45, 2.75) is 12.2 Å². The minimum Gasteiger partial charge on any atom is -0.393 e. The normalized spacial score (nSPS) is 48.3. The Morgan fingerprint density at radius 2 is 1.50 bits per heavy atom. The summed E-state index contributed by atoms with van der Waals surface area (Å²) in [4.78, 5) is 22.2. The Balaban J connectivity index is 2.08. The molecule has 2 fully saturated rings. The van der Waals surface area contributed by atoms with E-state index in [-0.39, 0.29) is 24.0 Å². The molecule has 4 heteroatoms. The lowest BCUT2D eigenvalue weighted by Crippen LogP contribution is -2.26. The first-order valence-corrected chi connectivity index (χ1v) is 3.87. The number of ether oxygens (including phenoxy) is 2. The molecule has 0 N–H and O–H groups in total. The molecular weight excluding hydrogens is 160 g/mol. The third-order valence-electron chi connectivity index (χ3n) is 2.65. The van der Waals surface area contributed by atoms with Crippen molar-refractivity contribution in [1.29, 1.82) is 0 Å². The quantitative estimate of drug-likeness (QED) is 0.280. The van der Waals surface area contributed by atoms with Crippen LogP contribution in [0.25, 0.3) is 0 Å². The third kappa shape index (κ3) is 0.536. The van der Waals surface area contributed by atoms with E-state index < -0.39 is 11.9 Å². The maximum Gasteiger partial charge on any atom is 0.320 e. The topological polar surface area (TPSA) is 52.6 Å². The van der Waals surface area contributed by atoms with Gasteiger partial charge in [0.25, 0.3) is 0 Å². The van der Waals surface area contributed by atoms with E-state index in [1.807, 2.05) is 12.2 Å². The molecule has 0 radical (unpaired) electrons. The largest absolute Gasteiger partial charge is 0.393 e. The maximum atomic E-state index is 11.1. The minimum absolute atomic E-state index is 0.223. The molecule has 0 amide bonds. The molecule has 3 rings (SSSR count). The summed E-state index contributed by atoms with van der Waals surface area (Å²) in [5.41, 5.74) is 0. The van der Waals surface area contributed by atoms with Crippen molar-refractivity contribution in [3.8, 4) is 0 Å². The second-order valence-corrected chi connectivity index (χ2v) is 3.24. The van der Waals surface area contributed by atoms with E-state index >= 15 is 0 Å². The number of carbonyl (C=O) groups excluding carboxylic acids is 2. The van der Waals surface area contributed by atoms with Crippen molar-refractivity contribution in [2.24, 2.45) is 11.8 Å². The Kier molecular flexibility index (Phi) is 0.939. The van der Waals surface area contributed by atoms with E-state index in [1.54, 1.807) is 0 Å². The molecule has 4 nitrogen and oxygen atoms in total. The second-order valence-electron chi connectivity index (χ2n) is 3.24. The van der Waals surface area contributed by atoms with Crippen LogP contribution in [0.4, 0.5) is 0 Å². The Bertz CT molecular complexity index is 278. The molecule has 0 spiro atoms. The standard InChI is InChI=1S/C8H6O4/c9-7-5-3-1-2-4(11-3)6(5)8(10)12-7/h1-6H/t3-,4-,5+,6+/m1/s1. The minimum atomic E-state index is -0.429. The highest BCUT2D eigenvalue weighted by Crippen LogP contribution is 2.43. The average Bonchev–Trinajstić information content (AvgIpc) is 2.64. The molecule has 0 aromatic heterocycles. The smallest absolute Gasteiger partial charge is 0.320 e. The van der Waals surface area contributed by atoms with Crippen molar-refractivity contribution in [2.75, 3.05) is 0 Å². The second kappa shape index (κ2) is 1.77. The van der Waals surface area contributed by atoms with Crippen molar-refractivity contribution in [1.82, 2.24) is 0 Å². The Hall–Kier alpha value is -1.16. The van der Waals surface area contributed by atoms with Gasteiger partial charge in [-0.15, -0.1) is 0 Å². The fourth-order valence-electron chi connectivity index (χ4n) is 2.11. The monoisotopic (exact) mass is 166 g/mol. The lowest BCUT2D eigenvalue weighted by Gasteiger charge is -2.08. The SMILES string of the molecule is O=C1OC(=O)[C@@H]2[C@@H]1[C@H]1C=C[C@H]2O1. The van der Waals surface area contributed by atoms with Crippen LogP contribution in [0.2, 0.25) is 0 Å². The molecule has 2 bridgehead atoms. The van der Waals surface area contributed by atoms with Crippen LogP contribution in [0.15, 0.2) is 12.2 Å². The van der Waals surface area contributed by atoms with Gasteiger partial charge in [-0.1, -0.05) is 12.2 Å². The van der Waals surface area contributed by atoms with Gasteiger partial charge in [0, 0.05) is 0 Å². The summed E-state index contributed by atoms with van der Waals surface area (Å²) in [6, 6.07) is 0. The lowest BCUT2D eigenvalue weighted by atomic mass is 9.85. The predicted molar refractivity (Wildman–Crippen MR) is 35.9 cm³/mol. The molecule has 3 heterocycles. The first-order valence-electron chi connectivity index (χ1n) is 3.87. The third-order valence-corrected chi connectivity index (χ3v) is 2.65. The van der Waals surface area contributed by atoms with Crippen LogP contribution in [0, 0.1) is 11.8 Å². The molecule has 62 valence electrons. The summed E-state index contributed by atoms with van der Waals surface area (Å²) in [5, 5.41) is 0. The molecule has 0 unspecified atom stereocenters. The van der Waals surface area contributed by atoms with E-state index in [2.05, 4.69) is 4.74 Å². The van der Waals surface area contributed by atoms with Crippen molar-refractivity contribution in [3.05, 3.63) is 12.2 Å². The van der Waals surface area contributed by atoms with E-state index in [0.717, 1.165) is 0 Å². The van der Waals surface area contributed by atoms with Crippen LogP contribution in [0.1, 0.15) is 0 Å². The van der Waals surface area contributed by atoms with Gasteiger partial charge in [0.05, 0.1) is 12.2 Å². The summed E-state index contributed by atoms with van der Waals surface area (Å²) in [5.74, 6) is -1.59. The lowest BCUT2D eigenvalue weighted by molar-refractivity contribution is -0.156. The van der Waals surface area contributed by atoms with E-state index in [0.29, 0.717) is 0 Å². The van der Waals surface area contributed by atoms with Gasteiger partial charge in [0.2, 0.25) is 0 Å². The average molecular weight is 166 g/mol. The first kappa shape index (κ1) is 6.37. The molecule has 0 aromatic carbocycles. The van der Waals surface area contributed by atoms with Crippen molar-refractivity contribution >= 4 is 11.9 Å². The van der Waals surface area contributed by atoms with Gasteiger partial charge in [-0.3, -0.25) is 9.59 Å². The van der Waals surface area contributed by atoms with E-state index in [9.17, 15) is 9.59 Å². The van der Waals surface area contributed by atoms with E-state index in [1.165, 1.54) is 0 Å². The highest BCUT2D eigenvalue weighted by atomic mass is 16.6. The van der Waals surface area contributed by atoms with Gasteiger partial charge in [-0.25, -0.2) is 0 Å². The molecular formula is C8H6O4. The zero-order chi connectivity index (χ0) is 8.29. The van der Waals surface area contributed by atoms with Gasteiger partial charge in [-0.05, 0) is 0 Å². The highest BCUT2D eigenvalue weighted by molar-refractivity contribution is 5.98. The Labute approximate surface area is 68.1 Å². The van der Waals surface area contributed by atoms with Crippen molar-refractivity contribution < 1.29 is 19.1 Å². The van der Waals surface area contributed by atoms with Gasteiger partial charge in [-0.2, -0.15) is 0 Å². The predicted octanol–water partition coefficient (Wildman–Crippen LogP) is -0.361. The maximum absolute atomic E-state index is 11.1. The van der Waals surface area contributed by atoms with Gasteiger partial charge >= 0.3 is 11.9 Å². The molecule has 3 aliphatic rings. The zero-order valence-corrected chi connectivity index (χ0v) is 6.10. The summed E-state index contributed by atoms with van der Waals surface area (Å²) >= 11 is 0. The summed E-state index contributed by atoms with van der Waals surface area (Å²) in [6.07, 6.45) is 3.20. The Morgan fingerprint density at radius 1 is 1.00 bits per heavy atom. The molecule has 0 aromatic rings. The summed E-state index contributed by atoms with van der Waals surface area (Å²) in [7, 11) is 0. The molecule has 4 atom stereocenters.